The zero-order valence-electron chi connectivity index (χ0n) is 24.2. The van der Waals surface area contributed by atoms with Crippen LogP contribution in [0.1, 0.15) is 41.0 Å². The number of piperidine rings is 1. The Morgan fingerprint density at radius 3 is 2.88 bits per heavy atom. The molecule has 1 aromatic heterocycles. The Morgan fingerprint density at radius 1 is 1.12 bits per heavy atom. The van der Waals surface area contributed by atoms with Gasteiger partial charge in [-0.05, 0) is 42.7 Å². The molecule has 2 amide bonds. The zero-order chi connectivity index (χ0) is 29.3. The maximum Gasteiger partial charge on any atom is 0.251 e. The molecule has 3 aromatic rings. The standard InChI is InChI=1S/C31H39N5O6/c1-39-14-13-36-12-10-32-29(36)20-35-11-8-28-27(19-35)34-30(37)7-4-9-33-31(38)23-16-25(40-2)18-26(17-23)42-24-6-3-5-22(15-24)21-41-28/h3,5-6,10,12,15-18,27-28H,4,7-9,11,13-14,19-21H2,1-2H3,(H,33,38)(H,34,37)/t27-,28-/m0/s1. The molecule has 2 N–H and O–H groups in total. The van der Waals surface area contributed by atoms with Crippen LogP contribution in [-0.2, 0) is 34.0 Å². The van der Waals surface area contributed by atoms with Crippen LogP contribution in [0.4, 0.5) is 0 Å². The summed E-state index contributed by atoms with van der Waals surface area (Å²) in [6.07, 6.45) is 5.19. The molecule has 42 heavy (non-hydrogen) atoms. The Labute approximate surface area is 246 Å². The number of imidazole rings is 1. The van der Waals surface area contributed by atoms with Gasteiger partial charge in [0, 0.05) is 63.7 Å². The number of amides is 2. The number of ether oxygens (including phenoxy) is 4. The van der Waals surface area contributed by atoms with E-state index in [1.807, 2.05) is 36.7 Å². The van der Waals surface area contributed by atoms with Gasteiger partial charge in [0.1, 0.15) is 23.1 Å². The normalized spacial score (nSPS) is 20.3. The minimum Gasteiger partial charge on any atom is -0.497 e. The van der Waals surface area contributed by atoms with Gasteiger partial charge in [0.2, 0.25) is 5.91 Å². The lowest BCUT2D eigenvalue weighted by atomic mass is 10.0. The molecule has 2 aliphatic rings. The molecule has 11 heteroatoms. The Morgan fingerprint density at radius 2 is 2.02 bits per heavy atom. The van der Waals surface area contributed by atoms with Crippen molar-refractivity contribution >= 4 is 11.8 Å². The smallest absolute Gasteiger partial charge is 0.251 e. The molecule has 5 rings (SSSR count). The lowest BCUT2D eigenvalue weighted by Gasteiger charge is -2.38. The van der Waals surface area contributed by atoms with Gasteiger partial charge in [0.25, 0.3) is 5.91 Å². The van der Waals surface area contributed by atoms with Gasteiger partial charge < -0.3 is 34.1 Å². The molecule has 224 valence electrons. The highest BCUT2D eigenvalue weighted by molar-refractivity contribution is 5.95. The fourth-order valence-electron chi connectivity index (χ4n) is 5.31. The van der Waals surface area contributed by atoms with Crippen LogP contribution in [0.25, 0.3) is 0 Å². The Bertz CT molecular complexity index is 1360. The predicted octanol–water partition coefficient (Wildman–Crippen LogP) is 3.13. The molecule has 4 bridgehead atoms. The van der Waals surface area contributed by atoms with Crippen LogP contribution in [-0.4, -0.2) is 78.9 Å². The molecule has 0 unspecified atom stereocenters. The number of carbonyl (C=O) groups is 2. The molecule has 0 saturated carbocycles. The van der Waals surface area contributed by atoms with E-state index >= 15 is 0 Å². The third-order valence-corrected chi connectivity index (χ3v) is 7.53. The average Bonchev–Trinajstić information content (AvgIpc) is 3.43. The maximum atomic E-state index is 13.0. The number of benzene rings is 2. The summed E-state index contributed by atoms with van der Waals surface area (Å²) in [5.41, 5.74) is 1.37. The first-order chi connectivity index (χ1) is 20.5. The van der Waals surface area contributed by atoms with Crippen molar-refractivity contribution in [3.05, 3.63) is 71.8 Å². The van der Waals surface area contributed by atoms with Crippen LogP contribution in [0.5, 0.6) is 17.2 Å². The second-order valence-electron chi connectivity index (χ2n) is 10.6. The molecular formula is C31H39N5O6. The van der Waals surface area contributed by atoms with E-state index in [0.717, 1.165) is 30.9 Å². The van der Waals surface area contributed by atoms with Gasteiger partial charge in [0.15, 0.2) is 0 Å². The first-order valence-corrected chi connectivity index (χ1v) is 14.4. The number of methoxy groups -OCH3 is 2. The van der Waals surface area contributed by atoms with Gasteiger partial charge in [-0.15, -0.1) is 0 Å². The molecule has 0 spiro atoms. The molecule has 2 aliphatic heterocycles. The number of nitrogens with one attached hydrogen (secondary N) is 2. The summed E-state index contributed by atoms with van der Waals surface area (Å²) in [6.45, 7) is 4.23. The molecule has 2 aromatic carbocycles. The van der Waals surface area contributed by atoms with Crippen LogP contribution in [0.3, 0.4) is 0 Å². The highest BCUT2D eigenvalue weighted by Crippen LogP contribution is 2.29. The fourth-order valence-corrected chi connectivity index (χ4v) is 5.31. The molecule has 1 fully saturated rings. The van der Waals surface area contributed by atoms with Crippen LogP contribution in [0.15, 0.2) is 54.9 Å². The van der Waals surface area contributed by atoms with Crippen LogP contribution in [0, 0.1) is 0 Å². The Kier molecular flexibility index (Phi) is 10.1. The third-order valence-electron chi connectivity index (χ3n) is 7.53. The van der Waals surface area contributed by atoms with Gasteiger partial charge in [-0.25, -0.2) is 4.98 Å². The second-order valence-corrected chi connectivity index (χ2v) is 10.6. The van der Waals surface area contributed by atoms with E-state index in [2.05, 4.69) is 25.1 Å². The maximum absolute atomic E-state index is 13.0. The summed E-state index contributed by atoms with van der Waals surface area (Å²) < 4.78 is 25.3. The number of carbonyl (C=O) groups excluding carboxylic acids is 2. The predicted molar refractivity (Wildman–Crippen MR) is 156 cm³/mol. The minimum atomic E-state index is -0.255. The molecule has 0 radical (unpaired) electrons. The van der Waals surface area contributed by atoms with Gasteiger partial charge in [-0.3, -0.25) is 14.5 Å². The lowest BCUT2D eigenvalue weighted by molar-refractivity contribution is -0.124. The van der Waals surface area contributed by atoms with Gasteiger partial charge in [-0.2, -0.15) is 0 Å². The summed E-state index contributed by atoms with van der Waals surface area (Å²) in [5.74, 6) is 2.28. The van der Waals surface area contributed by atoms with E-state index in [0.29, 0.717) is 68.5 Å². The molecular weight excluding hydrogens is 538 g/mol. The third kappa shape index (κ3) is 7.87. The molecule has 3 heterocycles. The van der Waals surface area contributed by atoms with E-state index in [4.69, 9.17) is 18.9 Å². The Hall–Kier alpha value is -3.93. The summed E-state index contributed by atoms with van der Waals surface area (Å²) in [6, 6.07) is 12.6. The van der Waals surface area contributed by atoms with Crippen molar-refractivity contribution in [2.45, 2.75) is 51.1 Å². The first kappa shape index (κ1) is 29.6. The first-order valence-electron chi connectivity index (χ1n) is 14.4. The fraction of sp³-hybridized carbons (Fsp3) is 0.452. The summed E-state index contributed by atoms with van der Waals surface area (Å²) in [5, 5.41) is 6.11. The van der Waals surface area contributed by atoms with Gasteiger partial charge >= 0.3 is 0 Å². The van der Waals surface area contributed by atoms with E-state index in [9.17, 15) is 9.59 Å². The van der Waals surface area contributed by atoms with Crippen molar-refractivity contribution in [1.29, 1.82) is 0 Å². The Balaban J connectivity index is 1.32. The molecule has 0 aliphatic carbocycles. The monoisotopic (exact) mass is 577 g/mol. The van der Waals surface area contributed by atoms with E-state index in [1.54, 1.807) is 32.4 Å². The number of fused-ring (bicyclic) bond motifs is 5. The topological polar surface area (TPSA) is 116 Å². The van der Waals surface area contributed by atoms with Crippen LogP contribution < -0.4 is 20.1 Å². The highest BCUT2D eigenvalue weighted by Gasteiger charge is 2.32. The lowest BCUT2D eigenvalue weighted by Crippen LogP contribution is -2.55. The number of nitrogens with zero attached hydrogens (tertiary/aromatic N) is 3. The zero-order valence-corrected chi connectivity index (χ0v) is 24.2. The number of aromatic nitrogens is 2. The second kappa shape index (κ2) is 14.3. The van der Waals surface area contributed by atoms with E-state index in [1.165, 1.54) is 0 Å². The van der Waals surface area contributed by atoms with Crippen LogP contribution >= 0.6 is 0 Å². The summed E-state index contributed by atoms with van der Waals surface area (Å²) in [4.78, 5) is 32.7. The molecule has 11 nitrogen and oxygen atoms in total. The summed E-state index contributed by atoms with van der Waals surface area (Å²) in [7, 11) is 3.24. The summed E-state index contributed by atoms with van der Waals surface area (Å²) >= 11 is 0. The van der Waals surface area contributed by atoms with Crippen molar-refractivity contribution in [1.82, 2.24) is 25.1 Å². The largest absolute Gasteiger partial charge is 0.497 e. The highest BCUT2D eigenvalue weighted by atomic mass is 16.5. The molecule has 2 atom stereocenters. The number of likely N-dealkylation sites (tertiary alicyclic amines) is 1. The minimum absolute atomic E-state index is 0.0634. The van der Waals surface area contributed by atoms with E-state index in [-0.39, 0.29) is 24.0 Å². The van der Waals surface area contributed by atoms with Crippen LogP contribution in [0.2, 0.25) is 0 Å². The van der Waals surface area contributed by atoms with Crippen molar-refractivity contribution in [3.63, 3.8) is 0 Å². The quantitative estimate of drug-likeness (QED) is 0.459. The number of rotatable bonds is 6. The van der Waals surface area contributed by atoms with Crippen molar-refractivity contribution in [2.75, 3.05) is 40.5 Å². The average molecular weight is 578 g/mol. The van der Waals surface area contributed by atoms with Crippen molar-refractivity contribution in [3.8, 4) is 17.2 Å². The molecule has 1 saturated heterocycles. The number of hydrogen-bond acceptors (Lipinski definition) is 8. The SMILES string of the molecule is COCCn1ccnc1CN1CC[C@@H]2OCc3cccc(c3)Oc3cc(OC)cc(c3)C(=O)NCCCC(=O)N[C@H]2C1. The van der Waals surface area contributed by atoms with E-state index < -0.39 is 0 Å². The van der Waals surface area contributed by atoms with Gasteiger partial charge in [0.05, 0.1) is 39.0 Å². The van der Waals surface area contributed by atoms with Crippen molar-refractivity contribution in [2.24, 2.45) is 0 Å². The van der Waals surface area contributed by atoms with Gasteiger partial charge in [-0.1, -0.05) is 12.1 Å². The number of hydrogen-bond donors (Lipinski definition) is 2. The van der Waals surface area contributed by atoms with Crippen molar-refractivity contribution < 1.29 is 28.5 Å².